The van der Waals surface area contributed by atoms with E-state index in [1.54, 1.807) is 0 Å². The Balaban J connectivity index is 0.000000337. The molecule has 2 fully saturated rings. The molecule has 0 heterocycles. The van der Waals surface area contributed by atoms with Gasteiger partial charge < -0.3 is 4.74 Å². The van der Waals surface area contributed by atoms with Crippen LogP contribution in [0.3, 0.4) is 0 Å². The molecule has 2 aliphatic carbocycles. The highest BCUT2D eigenvalue weighted by Gasteiger charge is 2.59. The van der Waals surface area contributed by atoms with Crippen molar-refractivity contribution in [1.29, 1.82) is 0 Å². The lowest BCUT2D eigenvalue weighted by Crippen LogP contribution is -2.11. The minimum absolute atomic E-state index is 0.0550. The van der Waals surface area contributed by atoms with E-state index in [1.165, 1.54) is 12.8 Å². The van der Waals surface area contributed by atoms with E-state index in [1.807, 2.05) is 6.92 Å². The molecule has 0 aromatic rings. The van der Waals surface area contributed by atoms with Gasteiger partial charge in [0, 0.05) is 0 Å². The zero-order chi connectivity index (χ0) is 11.4. The molecule has 3 unspecified atom stereocenters. The van der Waals surface area contributed by atoms with E-state index in [-0.39, 0.29) is 18.0 Å². The molecule has 0 amide bonds. The molecule has 0 radical (unpaired) electrons. The van der Waals surface area contributed by atoms with E-state index >= 15 is 0 Å². The smallest absolute Gasteiger partial charge is 0.373 e. The maximum Gasteiger partial charge on any atom is 0.373 e. The summed E-state index contributed by atoms with van der Waals surface area (Å²) in [6.07, 6.45) is 2.74. The Morgan fingerprint density at radius 3 is 2.20 bits per heavy atom. The Kier molecular flexibility index (Phi) is 4.04. The molecule has 2 aliphatic rings. The van der Waals surface area contributed by atoms with Gasteiger partial charge in [-0.3, -0.25) is 4.79 Å². The molecule has 2 rings (SSSR count). The van der Waals surface area contributed by atoms with Gasteiger partial charge in [0.2, 0.25) is 0 Å². The first-order valence-corrected chi connectivity index (χ1v) is 5.31. The number of ether oxygens (including phenoxy) is 1. The fourth-order valence-corrected chi connectivity index (χ4v) is 2.70. The molecule has 4 atom stereocenters. The van der Waals surface area contributed by atoms with Gasteiger partial charge in [0.05, 0.1) is 12.5 Å². The van der Waals surface area contributed by atoms with Gasteiger partial charge in [-0.2, -0.15) is 9.59 Å². The number of fused-ring (bicyclic) bond motifs is 1. The van der Waals surface area contributed by atoms with Gasteiger partial charge >= 0.3 is 12.1 Å². The van der Waals surface area contributed by atoms with E-state index < -0.39 is 0 Å². The predicted octanol–water partition coefficient (Wildman–Crippen LogP) is 1.26. The first-order valence-electron chi connectivity index (χ1n) is 5.31. The molecule has 4 nitrogen and oxygen atoms in total. The Bertz CT molecular complexity index is 256. The van der Waals surface area contributed by atoms with Gasteiger partial charge in [0.1, 0.15) is 0 Å². The zero-order valence-electron chi connectivity index (χ0n) is 9.06. The SMILES string of the molecule is CCOC(=O)C1C2CC(C)C[C@H]21.O=C=O. The predicted molar refractivity (Wildman–Crippen MR) is 50.5 cm³/mol. The van der Waals surface area contributed by atoms with Crippen LogP contribution in [-0.4, -0.2) is 18.7 Å². The van der Waals surface area contributed by atoms with Crippen molar-refractivity contribution in [2.24, 2.45) is 23.7 Å². The summed E-state index contributed by atoms with van der Waals surface area (Å²) in [7, 11) is 0. The van der Waals surface area contributed by atoms with Gasteiger partial charge in [-0.15, -0.1) is 0 Å². The summed E-state index contributed by atoms with van der Waals surface area (Å²) in [6.45, 7) is 4.68. The zero-order valence-corrected chi connectivity index (χ0v) is 9.06. The van der Waals surface area contributed by atoms with E-state index in [0.29, 0.717) is 18.4 Å². The standard InChI is InChI=1S/C10H16O2.CO2/c1-3-12-10(11)9-7-4-6(2)5-8(7)9;2-1-3/h6-9H,3-5H2,1-2H3;/t6?,7-,8?,9?;/m1./s1. The van der Waals surface area contributed by atoms with E-state index in [2.05, 4.69) is 6.92 Å². The van der Waals surface area contributed by atoms with Gasteiger partial charge in [0.25, 0.3) is 0 Å². The third kappa shape index (κ3) is 2.66. The molecule has 15 heavy (non-hydrogen) atoms. The lowest BCUT2D eigenvalue weighted by Gasteiger charge is -2.07. The minimum Gasteiger partial charge on any atom is -0.466 e. The molecule has 0 saturated heterocycles. The maximum atomic E-state index is 11.3. The molecule has 2 saturated carbocycles. The topological polar surface area (TPSA) is 60.4 Å². The van der Waals surface area contributed by atoms with E-state index in [9.17, 15) is 4.79 Å². The van der Waals surface area contributed by atoms with Gasteiger partial charge in [-0.25, -0.2) is 0 Å². The fraction of sp³-hybridized carbons (Fsp3) is 0.818. The highest BCUT2D eigenvalue weighted by molar-refractivity contribution is 5.76. The molecular formula is C11H16O4. The third-order valence-electron chi connectivity index (χ3n) is 3.24. The summed E-state index contributed by atoms with van der Waals surface area (Å²) in [6, 6.07) is 0. The van der Waals surface area contributed by atoms with Crippen molar-refractivity contribution < 1.29 is 19.1 Å². The number of rotatable bonds is 2. The van der Waals surface area contributed by atoms with Crippen LogP contribution in [-0.2, 0) is 19.1 Å². The van der Waals surface area contributed by atoms with E-state index in [0.717, 1.165) is 5.92 Å². The van der Waals surface area contributed by atoms with Crippen molar-refractivity contribution in [2.75, 3.05) is 6.61 Å². The number of esters is 1. The van der Waals surface area contributed by atoms with Crippen molar-refractivity contribution >= 4 is 12.1 Å². The largest absolute Gasteiger partial charge is 0.466 e. The lowest BCUT2D eigenvalue weighted by molar-refractivity contribution is -0.191. The van der Waals surface area contributed by atoms with Gasteiger partial charge in [-0.05, 0) is 37.5 Å². The van der Waals surface area contributed by atoms with Crippen molar-refractivity contribution in [3.63, 3.8) is 0 Å². The first-order chi connectivity index (χ1) is 7.15. The van der Waals surface area contributed by atoms with Crippen LogP contribution in [0.1, 0.15) is 26.7 Å². The molecule has 0 aromatic carbocycles. The summed E-state index contributed by atoms with van der Waals surface area (Å²) in [5, 5.41) is 0. The Labute approximate surface area is 89.0 Å². The average Bonchev–Trinajstić information content (AvgIpc) is 2.67. The first kappa shape index (κ1) is 11.9. The van der Waals surface area contributed by atoms with Crippen LogP contribution in [0.5, 0.6) is 0 Å². The van der Waals surface area contributed by atoms with Crippen LogP contribution in [0.25, 0.3) is 0 Å². The molecule has 84 valence electrons. The van der Waals surface area contributed by atoms with Crippen LogP contribution in [0.4, 0.5) is 0 Å². The molecule has 0 bridgehead atoms. The second kappa shape index (κ2) is 5.08. The van der Waals surface area contributed by atoms with E-state index in [4.69, 9.17) is 14.3 Å². The third-order valence-corrected chi connectivity index (χ3v) is 3.24. The van der Waals surface area contributed by atoms with Crippen LogP contribution in [0.15, 0.2) is 0 Å². The van der Waals surface area contributed by atoms with Crippen LogP contribution < -0.4 is 0 Å². The highest BCUT2D eigenvalue weighted by atomic mass is 16.5. The normalized spacial score (nSPS) is 35.6. The van der Waals surface area contributed by atoms with Gasteiger partial charge in [0.15, 0.2) is 0 Å². The van der Waals surface area contributed by atoms with Crippen molar-refractivity contribution in [1.82, 2.24) is 0 Å². The lowest BCUT2D eigenvalue weighted by atomic mass is 10.0. The maximum absolute atomic E-state index is 11.3. The molecule has 0 aliphatic heterocycles. The number of hydrogen-bond acceptors (Lipinski definition) is 4. The molecule has 0 N–H and O–H groups in total. The van der Waals surface area contributed by atoms with Crippen LogP contribution in [0.2, 0.25) is 0 Å². The summed E-state index contributed by atoms with van der Waals surface area (Å²) >= 11 is 0. The summed E-state index contributed by atoms with van der Waals surface area (Å²) in [5.41, 5.74) is 0. The van der Waals surface area contributed by atoms with Gasteiger partial charge in [-0.1, -0.05) is 6.92 Å². The molecule has 0 aromatic heterocycles. The number of carbonyl (C=O) groups is 1. The molecular weight excluding hydrogens is 196 g/mol. The number of hydrogen-bond donors (Lipinski definition) is 0. The van der Waals surface area contributed by atoms with Crippen LogP contribution in [0, 0.1) is 23.7 Å². The highest BCUT2D eigenvalue weighted by Crippen LogP contribution is 2.59. The molecule has 0 spiro atoms. The second-order valence-corrected chi connectivity index (χ2v) is 4.27. The minimum atomic E-state index is 0.0550. The Hall–Kier alpha value is -1.15. The fourth-order valence-electron chi connectivity index (χ4n) is 2.70. The van der Waals surface area contributed by atoms with Crippen molar-refractivity contribution in [3.05, 3.63) is 0 Å². The quantitative estimate of drug-likeness (QED) is 0.646. The Morgan fingerprint density at radius 2 is 1.80 bits per heavy atom. The van der Waals surface area contributed by atoms with Crippen LogP contribution >= 0.6 is 0 Å². The number of carbonyl (C=O) groups excluding carboxylic acids is 3. The summed E-state index contributed by atoms with van der Waals surface area (Å²) < 4.78 is 5.00. The average molecular weight is 212 g/mol. The summed E-state index contributed by atoms with van der Waals surface area (Å²) in [5.74, 6) is 2.53. The summed E-state index contributed by atoms with van der Waals surface area (Å²) in [4.78, 5) is 27.6. The van der Waals surface area contributed by atoms with Crippen molar-refractivity contribution in [3.8, 4) is 0 Å². The Morgan fingerprint density at radius 1 is 1.33 bits per heavy atom. The second-order valence-electron chi connectivity index (χ2n) is 4.27. The monoisotopic (exact) mass is 212 g/mol. The van der Waals surface area contributed by atoms with Crippen molar-refractivity contribution in [2.45, 2.75) is 26.7 Å². The molecule has 4 heteroatoms.